The molecule has 0 bridgehead atoms. The van der Waals surface area contributed by atoms with Gasteiger partial charge in [-0.25, -0.2) is 0 Å². The summed E-state index contributed by atoms with van der Waals surface area (Å²) in [5, 5.41) is 30.8. The fourth-order valence-electron chi connectivity index (χ4n) is 4.05. The van der Waals surface area contributed by atoms with Gasteiger partial charge in [-0.1, -0.05) is 69.8 Å². The van der Waals surface area contributed by atoms with Crippen LogP contribution >= 0.6 is 0 Å². The maximum Gasteiger partial charge on any atom is 0.245 e. The maximum atomic E-state index is 12.9. The molecular weight excluding hydrogens is 500 g/mol. The maximum absolute atomic E-state index is 12.9. The lowest BCUT2D eigenvalue weighted by Crippen LogP contribution is -2.58. The van der Waals surface area contributed by atoms with Crippen LogP contribution in [0.3, 0.4) is 0 Å². The van der Waals surface area contributed by atoms with Crippen LogP contribution in [0.2, 0.25) is 0 Å². The second kappa shape index (κ2) is 20.0. The highest BCUT2D eigenvalue weighted by atomic mass is 16.3. The molecule has 6 N–H and O–H groups in total. The number of rotatable bonds is 14. The number of carbonyl (C=O) groups excluding carboxylic acids is 4. The fourth-order valence-corrected chi connectivity index (χ4v) is 4.05. The van der Waals surface area contributed by atoms with Crippen LogP contribution in [0.1, 0.15) is 85.0 Å². The Kier molecular flexibility index (Phi) is 17.5. The molecule has 5 atom stereocenters. The monoisotopic (exact) mass is 548 g/mol. The van der Waals surface area contributed by atoms with Gasteiger partial charge in [-0.15, -0.1) is 0 Å². The highest BCUT2D eigenvalue weighted by molar-refractivity contribution is 5.95. The van der Waals surface area contributed by atoms with E-state index < -0.39 is 48.1 Å². The Balaban J connectivity index is 2.64. The molecule has 1 heterocycles. The quantitative estimate of drug-likeness (QED) is 0.111. The Labute approximate surface area is 232 Å². The van der Waals surface area contributed by atoms with Gasteiger partial charge >= 0.3 is 0 Å². The molecule has 4 amide bonds. The minimum atomic E-state index is -1.30. The summed E-state index contributed by atoms with van der Waals surface area (Å²) in [6.45, 7) is 5.43. The molecule has 1 aliphatic rings. The number of nitrogens with one attached hydrogen (secondary N) is 4. The third-order valence-electron chi connectivity index (χ3n) is 6.36. The average Bonchev–Trinajstić information content (AvgIpc) is 2.88. The van der Waals surface area contributed by atoms with E-state index >= 15 is 0 Å². The Bertz CT molecular complexity index is 855. The molecule has 0 aromatic rings. The van der Waals surface area contributed by atoms with Gasteiger partial charge in [-0.3, -0.25) is 19.2 Å². The molecule has 0 unspecified atom stereocenters. The number of amides is 4. The molecule has 0 aromatic carbocycles. The van der Waals surface area contributed by atoms with Gasteiger partial charge < -0.3 is 31.5 Å². The number of hydrogen-bond donors (Lipinski definition) is 6. The normalized spacial score (nSPS) is 23.3. The number of hydrogen-bond acceptors (Lipinski definition) is 6. The molecule has 10 nitrogen and oxygen atoms in total. The molecule has 10 heteroatoms. The standard InChI is InChI=1S/C29H48N4O6/c1-4-5-6-7-8-9-10-11-12-13-14-15-26(37)33-27(22(3)34)29(39)32-24-20-23(35)18-19-30-25(36)17-16-21(2)31-28(24)38/h12-17,21-24,27,34-35H,4-11,18-20H2,1-3H3,(H,30,36)(H,31,38)(H,32,39)(H,33,37)/b13-12+,15-14+,17-16+/t21-,22-,23+,24-,27-/m0/s1. The minimum absolute atomic E-state index is 0.103. The van der Waals surface area contributed by atoms with E-state index in [1.165, 1.54) is 63.7 Å². The lowest BCUT2D eigenvalue weighted by molar-refractivity contribution is -0.134. The first-order valence-electron chi connectivity index (χ1n) is 14.2. The molecule has 39 heavy (non-hydrogen) atoms. The molecule has 1 aliphatic heterocycles. The van der Waals surface area contributed by atoms with Gasteiger partial charge in [-0.2, -0.15) is 0 Å². The van der Waals surface area contributed by atoms with E-state index in [0.29, 0.717) is 0 Å². The average molecular weight is 549 g/mol. The van der Waals surface area contributed by atoms with Gasteiger partial charge in [0.2, 0.25) is 23.6 Å². The van der Waals surface area contributed by atoms with E-state index in [1.54, 1.807) is 19.1 Å². The molecule has 1 rings (SSSR count). The van der Waals surface area contributed by atoms with E-state index in [1.807, 2.05) is 6.08 Å². The highest BCUT2D eigenvalue weighted by Gasteiger charge is 2.31. The Morgan fingerprint density at radius 2 is 1.82 bits per heavy atom. The molecule has 220 valence electrons. The van der Waals surface area contributed by atoms with Crippen molar-refractivity contribution in [2.75, 3.05) is 6.54 Å². The van der Waals surface area contributed by atoms with Crippen molar-refractivity contribution in [1.29, 1.82) is 0 Å². The topological polar surface area (TPSA) is 157 Å². The minimum Gasteiger partial charge on any atom is -0.393 e. The molecule has 0 aromatic heterocycles. The van der Waals surface area contributed by atoms with Crippen LogP contribution in [0.25, 0.3) is 0 Å². The lowest BCUT2D eigenvalue weighted by atomic mass is 10.0. The van der Waals surface area contributed by atoms with Gasteiger partial charge in [0.15, 0.2) is 0 Å². The van der Waals surface area contributed by atoms with Crippen molar-refractivity contribution >= 4 is 23.6 Å². The zero-order chi connectivity index (χ0) is 29.0. The van der Waals surface area contributed by atoms with E-state index in [9.17, 15) is 29.4 Å². The molecule has 0 saturated heterocycles. The van der Waals surface area contributed by atoms with E-state index in [-0.39, 0.29) is 25.3 Å². The Morgan fingerprint density at radius 3 is 2.51 bits per heavy atom. The molecule has 0 saturated carbocycles. The van der Waals surface area contributed by atoms with Crippen LogP contribution in [-0.4, -0.2) is 70.7 Å². The second-order valence-corrected chi connectivity index (χ2v) is 10.1. The van der Waals surface area contributed by atoms with E-state index in [2.05, 4.69) is 28.2 Å². The van der Waals surface area contributed by atoms with E-state index in [0.717, 1.165) is 12.8 Å². The van der Waals surface area contributed by atoms with Crippen LogP contribution < -0.4 is 21.3 Å². The van der Waals surface area contributed by atoms with Gasteiger partial charge in [-0.05, 0) is 33.1 Å². The SMILES string of the molecule is CCCCCCCCC/C=C/C=C/C(=O)N[C@H](C(=O)N[C@H]1C[C@H](O)CCNC(=O)/C=C/[C@H](C)NC1=O)[C@H](C)O. The summed E-state index contributed by atoms with van der Waals surface area (Å²) in [6.07, 6.45) is 16.9. The van der Waals surface area contributed by atoms with Crippen molar-refractivity contribution in [3.05, 3.63) is 36.5 Å². The molecule has 0 radical (unpaired) electrons. The zero-order valence-corrected chi connectivity index (χ0v) is 23.7. The Morgan fingerprint density at radius 1 is 1.13 bits per heavy atom. The summed E-state index contributed by atoms with van der Waals surface area (Å²) in [4.78, 5) is 49.8. The summed E-state index contributed by atoms with van der Waals surface area (Å²) in [6, 6.07) is -2.92. The Hall–Kier alpha value is -2.98. The highest BCUT2D eigenvalue weighted by Crippen LogP contribution is 2.09. The third-order valence-corrected chi connectivity index (χ3v) is 6.36. The summed E-state index contributed by atoms with van der Waals surface area (Å²) in [5.41, 5.74) is 0. The lowest BCUT2D eigenvalue weighted by Gasteiger charge is -2.26. The predicted molar refractivity (Wildman–Crippen MR) is 151 cm³/mol. The predicted octanol–water partition coefficient (Wildman–Crippen LogP) is 1.92. The van der Waals surface area contributed by atoms with Crippen molar-refractivity contribution < 1.29 is 29.4 Å². The molecule has 0 aliphatic carbocycles. The van der Waals surface area contributed by atoms with Crippen molar-refractivity contribution in [1.82, 2.24) is 21.3 Å². The number of aliphatic hydroxyl groups is 2. The van der Waals surface area contributed by atoms with Crippen LogP contribution in [0.4, 0.5) is 0 Å². The largest absolute Gasteiger partial charge is 0.393 e. The van der Waals surface area contributed by atoms with Crippen molar-refractivity contribution in [3.63, 3.8) is 0 Å². The van der Waals surface area contributed by atoms with Gasteiger partial charge in [0, 0.05) is 31.2 Å². The second-order valence-electron chi connectivity index (χ2n) is 10.1. The fraction of sp³-hybridized carbons (Fsp3) is 0.655. The number of aliphatic hydroxyl groups excluding tert-OH is 2. The van der Waals surface area contributed by atoms with Crippen LogP contribution in [-0.2, 0) is 19.2 Å². The van der Waals surface area contributed by atoms with Crippen LogP contribution in [0, 0.1) is 0 Å². The van der Waals surface area contributed by atoms with Crippen LogP contribution in [0.5, 0.6) is 0 Å². The molecule has 0 spiro atoms. The van der Waals surface area contributed by atoms with Crippen molar-refractivity contribution in [3.8, 4) is 0 Å². The third kappa shape index (κ3) is 15.9. The smallest absolute Gasteiger partial charge is 0.245 e. The van der Waals surface area contributed by atoms with Gasteiger partial charge in [0.05, 0.1) is 12.2 Å². The first kappa shape index (κ1) is 34.0. The van der Waals surface area contributed by atoms with Crippen molar-refractivity contribution in [2.45, 2.75) is 115 Å². The van der Waals surface area contributed by atoms with E-state index in [4.69, 9.17) is 0 Å². The summed E-state index contributed by atoms with van der Waals surface area (Å²) in [7, 11) is 0. The number of carbonyl (C=O) groups is 4. The summed E-state index contributed by atoms with van der Waals surface area (Å²) in [5.74, 6) is -2.20. The summed E-state index contributed by atoms with van der Waals surface area (Å²) < 4.78 is 0. The first-order chi connectivity index (χ1) is 18.6. The number of unbranched alkanes of at least 4 members (excludes halogenated alkanes) is 7. The molecular formula is C29H48N4O6. The van der Waals surface area contributed by atoms with Crippen molar-refractivity contribution in [2.24, 2.45) is 0 Å². The first-order valence-corrected chi connectivity index (χ1v) is 14.2. The van der Waals surface area contributed by atoms with Crippen LogP contribution in [0.15, 0.2) is 36.5 Å². The summed E-state index contributed by atoms with van der Waals surface area (Å²) >= 11 is 0. The van der Waals surface area contributed by atoms with Gasteiger partial charge in [0.1, 0.15) is 12.1 Å². The molecule has 0 fully saturated rings. The van der Waals surface area contributed by atoms with Gasteiger partial charge in [0.25, 0.3) is 0 Å². The zero-order valence-electron chi connectivity index (χ0n) is 23.7. The number of allylic oxidation sites excluding steroid dienone is 3.